The molecule has 1 atom stereocenters. The number of hydrogen-bond donors (Lipinski definition) is 2. The van der Waals surface area contributed by atoms with Gasteiger partial charge in [-0.05, 0) is 33.3 Å². The van der Waals surface area contributed by atoms with Crippen molar-refractivity contribution in [2.45, 2.75) is 40.2 Å². The van der Waals surface area contributed by atoms with Crippen LogP contribution in [0.4, 0.5) is 4.79 Å². The third-order valence-corrected chi connectivity index (χ3v) is 4.11. The van der Waals surface area contributed by atoms with Gasteiger partial charge in [0.2, 0.25) is 0 Å². The summed E-state index contributed by atoms with van der Waals surface area (Å²) in [7, 11) is 0. The van der Waals surface area contributed by atoms with Crippen molar-refractivity contribution in [1.29, 1.82) is 0 Å². The van der Waals surface area contributed by atoms with Crippen molar-refractivity contribution < 1.29 is 19.1 Å². The molecule has 0 radical (unpaired) electrons. The maximum atomic E-state index is 12.1. The number of hydrogen-bond acceptors (Lipinski definition) is 4. The third-order valence-electron chi connectivity index (χ3n) is 3.78. The predicted octanol–water partition coefficient (Wildman–Crippen LogP) is 3.74. The molecular weight excluding hydrogens is 344 g/mol. The average Bonchev–Trinajstić information content (AvgIpc) is 2.53. The molecule has 2 amide bonds. The van der Waals surface area contributed by atoms with E-state index in [9.17, 15) is 9.59 Å². The predicted molar refractivity (Wildman–Crippen MR) is 96.2 cm³/mol. The van der Waals surface area contributed by atoms with Crippen molar-refractivity contribution >= 4 is 23.4 Å². The fourth-order valence-electron chi connectivity index (χ4n) is 2.76. The number of urea groups is 1. The summed E-state index contributed by atoms with van der Waals surface area (Å²) in [4.78, 5) is 24.0. The number of carbonyl (C=O) groups excluding carboxylic acids is 2. The van der Waals surface area contributed by atoms with Crippen LogP contribution in [0.25, 0.3) is 0 Å². The SMILES string of the molecule is CCCOc1cc(Cl)c([C@@H]2NC(=O)NC(C)=C2C(C)=O)cc1OCC. The molecule has 1 heterocycles. The van der Waals surface area contributed by atoms with Gasteiger partial charge in [-0.2, -0.15) is 0 Å². The van der Waals surface area contributed by atoms with E-state index in [2.05, 4.69) is 10.6 Å². The Kier molecular flexibility index (Phi) is 6.31. The first-order valence-electron chi connectivity index (χ1n) is 8.27. The van der Waals surface area contributed by atoms with E-state index >= 15 is 0 Å². The van der Waals surface area contributed by atoms with E-state index < -0.39 is 6.04 Å². The second kappa shape index (κ2) is 8.25. The van der Waals surface area contributed by atoms with Gasteiger partial charge in [0.15, 0.2) is 17.3 Å². The van der Waals surface area contributed by atoms with E-state index in [1.807, 2.05) is 13.8 Å². The molecule has 1 aromatic carbocycles. The highest BCUT2D eigenvalue weighted by atomic mass is 35.5. The van der Waals surface area contributed by atoms with Crippen molar-refractivity contribution in [3.05, 3.63) is 34.0 Å². The Morgan fingerprint density at radius 2 is 1.92 bits per heavy atom. The highest BCUT2D eigenvalue weighted by Crippen LogP contribution is 2.39. The van der Waals surface area contributed by atoms with Crippen LogP contribution in [-0.2, 0) is 4.79 Å². The first-order valence-corrected chi connectivity index (χ1v) is 8.65. The van der Waals surface area contributed by atoms with Crippen LogP contribution in [0.2, 0.25) is 5.02 Å². The summed E-state index contributed by atoms with van der Waals surface area (Å²) < 4.78 is 11.3. The molecule has 2 N–H and O–H groups in total. The van der Waals surface area contributed by atoms with Gasteiger partial charge in [0.05, 0.1) is 24.3 Å². The van der Waals surface area contributed by atoms with Gasteiger partial charge in [-0.1, -0.05) is 18.5 Å². The summed E-state index contributed by atoms with van der Waals surface area (Å²) in [6, 6.07) is 2.37. The number of amides is 2. The molecule has 0 aliphatic carbocycles. The summed E-state index contributed by atoms with van der Waals surface area (Å²) in [5.41, 5.74) is 1.57. The minimum absolute atomic E-state index is 0.143. The van der Waals surface area contributed by atoms with Gasteiger partial charge in [-0.15, -0.1) is 0 Å². The van der Waals surface area contributed by atoms with E-state index in [1.54, 1.807) is 19.1 Å². The van der Waals surface area contributed by atoms with Crippen LogP contribution in [0.15, 0.2) is 23.4 Å². The lowest BCUT2D eigenvalue weighted by atomic mass is 9.92. The average molecular weight is 367 g/mol. The van der Waals surface area contributed by atoms with Gasteiger partial charge in [-0.3, -0.25) is 4.79 Å². The lowest BCUT2D eigenvalue weighted by Crippen LogP contribution is -2.44. The normalized spacial score (nSPS) is 17.0. The summed E-state index contributed by atoms with van der Waals surface area (Å²) >= 11 is 6.44. The van der Waals surface area contributed by atoms with Gasteiger partial charge in [0, 0.05) is 22.9 Å². The third kappa shape index (κ3) is 4.25. The number of carbonyl (C=O) groups is 2. The molecular formula is C18H23ClN2O4. The molecule has 7 heteroatoms. The lowest BCUT2D eigenvalue weighted by Gasteiger charge is -2.29. The molecule has 0 unspecified atom stereocenters. The Morgan fingerprint density at radius 3 is 2.52 bits per heavy atom. The largest absolute Gasteiger partial charge is 0.490 e. The van der Waals surface area contributed by atoms with Crippen LogP contribution in [0.5, 0.6) is 11.5 Å². The molecule has 0 saturated carbocycles. The molecule has 1 aliphatic rings. The Hall–Kier alpha value is -2.21. The molecule has 0 bridgehead atoms. The minimum Gasteiger partial charge on any atom is -0.490 e. The fraction of sp³-hybridized carbons (Fsp3) is 0.444. The second-order valence-electron chi connectivity index (χ2n) is 5.73. The zero-order valence-electron chi connectivity index (χ0n) is 14.9. The van der Waals surface area contributed by atoms with Crippen LogP contribution in [0.1, 0.15) is 45.7 Å². The maximum absolute atomic E-state index is 12.1. The molecule has 0 fully saturated rings. The minimum atomic E-state index is -0.641. The molecule has 0 aromatic heterocycles. The standard InChI is InChI=1S/C18H23ClN2O4/c1-5-7-25-15-9-13(19)12(8-14(15)24-6-2)17-16(11(4)22)10(3)20-18(23)21-17/h8-9,17H,5-7H2,1-4H3,(H2,20,21,23)/t17-/m0/s1. The number of Topliss-reactive ketones (excluding diaryl/α,β-unsaturated/α-hetero) is 1. The van der Waals surface area contributed by atoms with Gasteiger partial charge < -0.3 is 20.1 Å². The molecule has 1 aromatic rings. The smallest absolute Gasteiger partial charge is 0.319 e. The Bertz CT molecular complexity index is 715. The van der Waals surface area contributed by atoms with Crippen LogP contribution >= 0.6 is 11.6 Å². The summed E-state index contributed by atoms with van der Waals surface area (Å²) in [5.74, 6) is 0.932. The van der Waals surface area contributed by atoms with E-state index in [1.165, 1.54) is 6.92 Å². The number of allylic oxidation sites excluding steroid dienone is 1. The monoisotopic (exact) mass is 366 g/mol. The zero-order chi connectivity index (χ0) is 18.6. The van der Waals surface area contributed by atoms with Crippen LogP contribution in [0.3, 0.4) is 0 Å². The zero-order valence-corrected chi connectivity index (χ0v) is 15.6. The molecule has 0 spiro atoms. The first kappa shape index (κ1) is 19.1. The van der Waals surface area contributed by atoms with Crippen LogP contribution < -0.4 is 20.1 Å². The maximum Gasteiger partial charge on any atom is 0.319 e. The van der Waals surface area contributed by atoms with Crippen LogP contribution in [-0.4, -0.2) is 25.0 Å². The molecule has 136 valence electrons. The van der Waals surface area contributed by atoms with E-state index in [4.69, 9.17) is 21.1 Å². The Labute approximate surface area is 152 Å². The van der Waals surface area contributed by atoms with Crippen molar-refractivity contribution in [2.24, 2.45) is 0 Å². The number of ether oxygens (including phenoxy) is 2. The number of benzene rings is 1. The molecule has 6 nitrogen and oxygen atoms in total. The van der Waals surface area contributed by atoms with E-state index in [0.717, 1.165) is 6.42 Å². The van der Waals surface area contributed by atoms with Gasteiger partial charge in [0.25, 0.3) is 0 Å². The molecule has 25 heavy (non-hydrogen) atoms. The molecule has 2 rings (SSSR count). The van der Waals surface area contributed by atoms with Crippen molar-refractivity contribution in [3.8, 4) is 11.5 Å². The first-order chi connectivity index (χ1) is 11.9. The van der Waals surface area contributed by atoms with E-state index in [0.29, 0.717) is 46.6 Å². The van der Waals surface area contributed by atoms with Gasteiger partial charge >= 0.3 is 6.03 Å². The van der Waals surface area contributed by atoms with E-state index in [-0.39, 0.29) is 11.8 Å². The summed E-state index contributed by atoms with van der Waals surface area (Å²) in [5, 5.41) is 5.77. The summed E-state index contributed by atoms with van der Waals surface area (Å²) in [6.07, 6.45) is 0.853. The highest BCUT2D eigenvalue weighted by Gasteiger charge is 2.31. The number of nitrogens with one attached hydrogen (secondary N) is 2. The van der Waals surface area contributed by atoms with Gasteiger partial charge in [0.1, 0.15) is 0 Å². The number of rotatable bonds is 7. The van der Waals surface area contributed by atoms with Gasteiger partial charge in [-0.25, -0.2) is 4.79 Å². The lowest BCUT2D eigenvalue weighted by molar-refractivity contribution is -0.114. The van der Waals surface area contributed by atoms with Crippen molar-refractivity contribution in [1.82, 2.24) is 10.6 Å². The molecule has 1 aliphatic heterocycles. The molecule has 0 saturated heterocycles. The number of ketones is 1. The van der Waals surface area contributed by atoms with Crippen molar-refractivity contribution in [3.63, 3.8) is 0 Å². The fourth-order valence-corrected chi connectivity index (χ4v) is 3.02. The highest BCUT2D eigenvalue weighted by molar-refractivity contribution is 6.31. The summed E-state index contributed by atoms with van der Waals surface area (Å²) in [6.45, 7) is 8.02. The Balaban J connectivity index is 2.53. The second-order valence-corrected chi connectivity index (χ2v) is 6.14. The van der Waals surface area contributed by atoms with Crippen molar-refractivity contribution in [2.75, 3.05) is 13.2 Å². The van der Waals surface area contributed by atoms with Crippen LogP contribution in [0, 0.1) is 0 Å². The Morgan fingerprint density at radius 1 is 1.24 bits per heavy atom. The topological polar surface area (TPSA) is 76.7 Å². The number of halogens is 1. The quantitative estimate of drug-likeness (QED) is 0.770.